The SMILES string of the molecule is COCCc1nc(NC2CCCN(C=CC=O)C2)c2cc[nH]c2n1. The smallest absolute Gasteiger partial charge is 0.144 e. The van der Waals surface area contributed by atoms with E-state index < -0.39 is 0 Å². The number of rotatable bonds is 7. The largest absolute Gasteiger partial charge is 0.384 e. The summed E-state index contributed by atoms with van der Waals surface area (Å²) in [5.74, 6) is 1.63. The molecule has 1 atom stereocenters. The second-order valence-corrected chi connectivity index (χ2v) is 5.93. The number of anilines is 1. The minimum atomic E-state index is 0.290. The van der Waals surface area contributed by atoms with Crippen LogP contribution >= 0.6 is 0 Å². The molecule has 2 aromatic heterocycles. The maximum Gasteiger partial charge on any atom is 0.144 e. The van der Waals surface area contributed by atoms with Gasteiger partial charge >= 0.3 is 0 Å². The van der Waals surface area contributed by atoms with E-state index in [9.17, 15) is 4.79 Å². The maximum atomic E-state index is 10.5. The number of likely N-dealkylation sites (tertiary alicyclic amines) is 1. The Morgan fingerprint density at radius 3 is 3.25 bits per heavy atom. The van der Waals surface area contributed by atoms with Gasteiger partial charge in [-0.25, -0.2) is 9.97 Å². The number of carbonyl (C=O) groups is 1. The molecule has 2 N–H and O–H groups in total. The van der Waals surface area contributed by atoms with Gasteiger partial charge in [0, 0.05) is 45.1 Å². The Kier molecular flexibility index (Phi) is 5.43. The molecular formula is C17H23N5O2. The summed E-state index contributed by atoms with van der Waals surface area (Å²) in [5.41, 5.74) is 0.840. The third kappa shape index (κ3) is 3.91. The third-order valence-corrected chi connectivity index (χ3v) is 4.16. The van der Waals surface area contributed by atoms with Gasteiger partial charge in [-0.15, -0.1) is 0 Å². The number of aldehydes is 1. The predicted molar refractivity (Wildman–Crippen MR) is 92.9 cm³/mol. The molecule has 0 aliphatic carbocycles. The molecule has 1 aliphatic heterocycles. The molecule has 1 saturated heterocycles. The fraction of sp³-hybridized carbons (Fsp3) is 0.471. The summed E-state index contributed by atoms with van der Waals surface area (Å²) >= 11 is 0. The Bertz CT molecular complexity index is 712. The van der Waals surface area contributed by atoms with Crippen LogP contribution in [0.4, 0.5) is 5.82 Å². The third-order valence-electron chi connectivity index (χ3n) is 4.16. The van der Waals surface area contributed by atoms with Gasteiger partial charge in [0.05, 0.1) is 12.0 Å². The molecule has 7 heteroatoms. The molecule has 3 heterocycles. The lowest BCUT2D eigenvalue weighted by Gasteiger charge is -2.32. The number of hydrogen-bond acceptors (Lipinski definition) is 6. The van der Waals surface area contributed by atoms with Gasteiger partial charge in [0.1, 0.15) is 23.6 Å². The number of ether oxygens (including phenoxy) is 1. The van der Waals surface area contributed by atoms with E-state index in [1.807, 2.05) is 18.5 Å². The number of piperidine rings is 1. The average Bonchev–Trinajstić information content (AvgIpc) is 3.07. The zero-order valence-electron chi connectivity index (χ0n) is 13.9. The van der Waals surface area contributed by atoms with Crippen molar-refractivity contribution < 1.29 is 9.53 Å². The predicted octanol–water partition coefficient (Wildman–Crippen LogP) is 1.74. The number of methoxy groups -OCH3 is 1. The molecule has 3 rings (SSSR count). The maximum absolute atomic E-state index is 10.5. The molecular weight excluding hydrogens is 306 g/mol. The number of allylic oxidation sites excluding steroid dienone is 1. The van der Waals surface area contributed by atoms with Crippen molar-refractivity contribution in [1.82, 2.24) is 19.9 Å². The Morgan fingerprint density at radius 1 is 1.50 bits per heavy atom. The summed E-state index contributed by atoms with van der Waals surface area (Å²) < 4.78 is 5.13. The summed E-state index contributed by atoms with van der Waals surface area (Å²) in [5, 5.41) is 4.55. The highest BCUT2D eigenvalue weighted by Gasteiger charge is 2.19. The van der Waals surface area contributed by atoms with Crippen LogP contribution in [0.15, 0.2) is 24.5 Å². The van der Waals surface area contributed by atoms with E-state index in [1.54, 1.807) is 13.2 Å². The van der Waals surface area contributed by atoms with Crippen LogP contribution < -0.4 is 5.32 Å². The Labute approximate surface area is 141 Å². The van der Waals surface area contributed by atoms with E-state index in [2.05, 4.69) is 25.2 Å². The second kappa shape index (κ2) is 7.92. The van der Waals surface area contributed by atoms with Crippen LogP contribution in [0.5, 0.6) is 0 Å². The van der Waals surface area contributed by atoms with Crippen molar-refractivity contribution in [2.45, 2.75) is 25.3 Å². The first kappa shape index (κ1) is 16.4. The van der Waals surface area contributed by atoms with Crippen molar-refractivity contribution in [1.29, 1.82) is 0 Å². The zero-order chi connectivity index (χ0) is 16.8. The van der Waals surface area contributed by atoms with Gasteiger partial charge in [-0.05, 0) is 25.0 Å². The molecule has 1 fully saturated rings. The lowest BCUT2D eigenvalue weighted by molar-refractivity contribution is -0.104. The molecule has 0 saturated carbocycles. The zero-order valence-corrected chi connectivity index (χ0v) is 13.9. The Morgan fingerprint density at radius 2 is 2.42 bits per heavy atom. The van der Waals surface area contributed by atoms with Gasteiger partial charge in [0.2, 0.25) is 0 Å². The molecule has 24 heavy (non-hydrogen) atoms. The van der Waals surface area contributed by atoms with Crippen LogP contribution in [0.2, 0.25) is 0 Å². The van der Waals surface area contributed by atoms with Gasteiger partial charge < -0.3 is 19.9 Å². The number of nitrogens with zero attached hydrogens (tertiary/aromatic N) is 3. The molecule has 0 amide bonds. The fourth-order valence-corrected chi connectivity index (χ4v) is 3.01. The highest BCUT2D eigenvalue weighted by Crippen LogP contribution is 2.22. The van der Waals surface area contributed by atoms with Crippen LogP contribution in [0, 0.1) is 0 Å². The highest BCUT2D eigenvalue weighted by atomic mass is 16.5. The molecule has 0 radical (unpaired) electrons. The van der Waals surface area contributed by atoms with E-state index >= 15 is 0 Å². The lowest BCUT2D eigenvalue weighted by atomic mass is 10.1. The first-order valence-corrected chi connectivity index (χ1v) is 8.25. The number of aromatic amines is 1. The van der Waals surface area contributed by atoms with Crippen LogP contribution in [0.25, 0.3) is 11.0 Å². The number of nitrogens with one attached hydrogen (secondary N) is 2. The highest BCUT2D eigenvalue weighted by molar-refractivity contribution is 5.87. The number of aromatic nitrogens is 3. The number of fused-ring (bicyclic) bond motifs is 1. The van der Waals surface area contributed by atoms with Gasteiger partial charge in [-0.1, -0.05) is 0 Å². The van der Waals surface area contributed by atoms with E-state index in [4.69, 9.17) is 4.74 Å². The quantitative estimate of drug-likeness (QED) is 0.595. The molecule has 7 nitrogen and oxygen atoms in total. The van der Waals surface area contributed by atoms with Crippen molar-refractivity contribution >= 4 is 23.1 Å². The van der Waals surface area contributed by atoms with Crippen LogP contribution in [0.1, 0.15) is 18.7 Å². The van der Waals surface area contributed by atoms with Crippen LogP contribution in [-0.2, 0) is 16.0 Å². The molecule has 1 unspecified atom stereocenters. The van der Waals surface area contributed by atoms with Gasteiger partial charge in [-0.3, -0.25) is 4.79 Å². The summed E-state index contributed by atoms with van der Waals surface area (Å²) in [6, 6.07) is 2.28. The Balaban J connectivity index is 1.76. The number of hydrogen-bond donors (Lipinski definition) is 2. The van der Waals surface area contributed by atoms with Crippen molar-refractivity contribution in [2.24, 2.45) is 0 Å². The minimum absolute atomic E-state index is 0.290. The topological polar surface area (TPSA) is 83.1 Å². The first-order chi connectivity index (χ1) is 11.8. The molecule has 0 aromatic carbocycles. The summed E-state index contributed by atoms with van der Waals surface area (Å²) in [6.45, 7) is 2.43. The molecule has 2 aromatic rings. The van der Waals surface area contributed by atoms with E-state index in [1.165, 1.54) is 0 Å². The van der Waals surface area contributed by atoms with Crippen molar-refractivity contribution in [3.8, 4) is 0 Å². The molecule has 128 valence electrons. The van der Waals surface area contributed by atoms with Crippen molar-refractivity contribution in [3.63, 3.8) is 0 Å². The second-order valence-electron chi connectivity index (χ2n) is 5.93. The van der Waals surface area contributed by atoms with Crippen LogP contribution in [0.3, 0.4) is 0 Å². The standard InChI is InChI=1S/C17H23N5O2/c1-24-11-6-15-20-16-14(5-7-18-16)17(21-15)19-13-4-2-8-22(12-13)9-3-10-23/h3,5,7,9-10,13H,2,4,6,8,11-12H2,1H3,(H2,18,19,20,21). The lowest BCUT2D eigenvalue weighted by Crippen LogP contribution is -2.39. The first-order valence-electron chi connectivity index (χ1n) is 8.25. The van der Waals surface area contributed by atoms with Gasteiger partial charge in [-0.2, -0.15) is 0 Å². The van der Waals surface area contributed by atoms with E-state index in [0.29, 0.717) is 19.1 Å². The summed E-state index contributed by atoms with van der Waals surface area (Å²) in [6.07, 6.45) is 8.93. The monoisotopic (exact) mass is 329 g/mol. The molecule has 0 bridgehead atoms. The average molecular weight is 329 g/mol. The number of carbonyl (C=O) groups excluding carboxylic acids is 1. The summed E-state index contributed by atoms with van der Waals surface area (Å²) in [4.78, 5) is 25.0. The molecule has 1 aliphatic rings. The van der Waals surface area contributed by atoms with E-state index in [-0.39, 0.29) is 0 Å². The van der Waals surface area contributed by atoms with Crippen molar-refractivity contribution in [3.05, 3.63) is 30.4 Å². The van der Waals surface area contributed by atoms with Crippen LogP contribution in [-0.4, -0.2) is 59.0 Å². The van der Waals surface area contributed by atoms with Gasteiger partial charge in [0.15, 0.2) is 0 Å². The fourth-order valence-electron chi connectivity index (χ4n) is 3.01. The van der Waals surface area contributed by atoms with E-state index in [0.717, 1.165) is 54.9 Å². The molecule has 0 spiro atoms. The number of H-pyrrole nitrogens is 1. The summed E-state index contributed by atoms with van der Waals surface area (Å²) in [7, 11) is 1.68. The normalized spacial score (nSPS) is 18.4. The van der Waals surface area contributed by atoms with Gasteiger partial charge in [0.25, 0.3) is 0 Å². The van der Waals surface area contributed by atoms with Crippen molar-refractivity contribution in [2.75, 3.05) is 32.1 Å². The minimum Gasteiger partial charge on any atom is -0.384 e. The Hall–Kier alpha value is -2.41.